The minimum absolute atomic E-state index is 0.183. The van der Waals surface area contributed by atoms with Crippen LogP contribution in [0.3, 0.4) is 0 Å². The Balaban J connectivity index is 1.63. The highest BCUT2D eigenvalue weighted by atomic mass is 16.5. The van der Waals surface area contributed by atoms with Crippen molar-refractivity contribution < 1.29 is 9.84 Å². The third-order valence-electron chi connectivity index (χ3n) is 4.62. The van der Waals surface area contributed by atoms with E-state index in [9.17, 15) is 9.90 Å². The van der Waals surface area contributed by atoms with E-state index in [2.05, 4.69) is 5.10 Å². The summed E-state index contributed by atoms with van der Waals surface area (Å²) in [5.74, 6) is 0.798. The molecule has 2 aromatic carbocycles. The van der Waals surface area contributed by atoms with Gasteiger partial charge in [-0.05, 0) is 42.8 Å². The number of aliphatic hydroxyl groups is 1. The molecule has 0 unspecified atom stereocenters. The lowest BCUT2D eigenvalue weighted by atomic mass is 10.1. The first-order valence-corrected chi connectivity index (χ1v) is 9.21. The van der Waals surface area contributed by atoms with Crippen LogP contribution in [0.1, 0.15) is 18.6 Å². The average Bonchev–Trinajstić information content (AvgIpc) is 3.17. The number of aliphatic hydroxyl groups excluding tert-OH is 1. The largest absolute Gasteiger partial charge is 0.494 e. The lowest BCUT2D eigenvalue weighted by Crippen LogP contribution is -2.24. The molecule has 1 N–H and O–H groups in total. The van der Waals surface area contributed by atoms with Crippen molar-refractivity contribution in [3.8, 4) is 17.0 Å². The lowest BCUT2D eigenvalue weighted by molar-refractivity contribution is 0.155. The molecule has 0 amide bonds. The van der Waals surface area contributed by atoms with E-state index in [1.54, 1.807) is 23.0 Å². The Bertz CT molecular complexity index is 1130. The van der Waals surface area contributed by atoms with Gasteiger partial charge in [-0.3, -0.25) is 4.79 Å². The summed E-state index contributed by atoms with van der Waals surface area (Å²) in [4.78, 5) is 12.9. The fourth-order valence-electron chi connectivity index (χ4n) is 3.17. The maximum atomic E-state index is 12.9. The monoisotopic (exact) mass is 375 g/mol. The molecular weight excluding hydrogens is 354 g/mol. The third kappa shape index (κ3) is 3.54. The lowest BCUT2D eigenvalue weighted by Gasteiger charge is -2.13. The zero-order valence-electron chi connectivity index (χ0n) is 15.5. The van der Waals surface area contributed by atoms with E-state index in [1.165, 1.54) is 4.57 Å². The molecule has 0 spiro atoms. The highest BCUT2D eigenvalue weighted by Gasteiger charge is 2.13. The molecule has 1 atom stereocenters. The second-order valence-electron chi connectivity index (χ2n) is 6.50. The van der Waals surface area contributed by atoms with E-state index in [4.69, 9.17) is 4.74 Å². The van der Waals surface area contributed by atoms with E-state index in [1.807, 2.05) is 61.5 Å². The summed E-state index contributed by atoms with van der Waals surface area (Å²) in [6, 6.07) is 18.7. The maximum absolute atomic E-state index is 12.9. The van der Waals surface area contributed by atoms with Crippen LogP contribution in [0.2, 0.25) is 0 Å². The number of benzene rings is 2. The van der Waals surface area contributed by atoms with Gasteiger partial charge in [0.2, 0.25) is 0 Å². The molecule has 142 valence electrons. The average molecular weight is 375 g/mol. The van der Waals surface area contributed by atoms with Crippen LogP contribution in [0.25, 0.3) is 16.8 Å². The Hall–Kier alpha value is -3.38. The van der Waals surface area contributed by atoms with Gasteiger partial charge in [0.25, 0.3) is 5.56 Å². The Kier molecular flexibility index (Phi) is 4.95. The molecule has 0 saturated carbocycles. The van der Waals surface area contributed by atoms with E-state index < -0.39 is 6.10 Å². The third-order valence-corrected chi connectivity index (χ3v) is 4.62. The summed E-state index contributed by atoms with van der Waals surface area (Å²) in [7, 11) is 0. The molecule has 0 fully saturated rings. The molecule has 0 aliphatic rings. The van der Waals surface area contributed by atoms with Gasteiger partial charge >= 0.3 is 0 Å². The molecule has 0 radical (unpaired) electrons. The Labute approximate surface area is 162 Å². The summed E-state index contributed by atoms with van der Waals surface area (Å²) in [5.41, 5.74) is 2.66. The van der Waals surface area contributed by atoms with Crippen LogP contribution in [0.15, 0.2) is 77.9 Å². The summed E-state index contributed by atoms with van der Waals surface area (Å²) < 4.78 is 8.54. The van der Waals surface area contributed by atoms with Crippen LogP contribution in [0.5, 0.6) is 5.75 Å². The first-order chi connectivity index (χ1) is 13.7. The van der Waals surface area contributed by atoms with Crippen molar-refractivity contribution in [1.29, 1.82) is 0 Å². The molecule has 4 aromatic rings. The SMILES string of the molecule is CCOc1ccc(-c2cc3c(=O)n(C[C@@H](O)c4ccccc4)ccn3n2)cc1. The van der Waals surface area contributed by atoms with Crippen molar-refractivity contribution >= 4 is 5.52 Å². The van der Waals surface area contributed by atoms with Crippen LogP contribution in [0, 0.1) is 0 Å². The van der Waals surface area contributed by atoms with Gasteiger partial charge in [0.15, 0.2) is 0 Å². The van der Waals surface area contributed by atoms with Crippen molar-refractivity contribution in [2.24, 2.45) is 0 Å². The van der Waals surface area contributed by atoms with Gasteiger partial charge in [0.05, 0.1) is 24.9 Å². The predicted molar refractivity (Wildman–Crippen MR) is 107 cm³/mol. The van der Waals surface area contributed by atoms with E-state index in [0.717, 1.165) is 16.9 Å². The van der Waals surface area contributed by atoms with E-state index in [-0.39, 0.29) is 12.1 Å². The van der Waals surface area contributed by atoms with Crippen LogP contribution >= 0.6 is 0 Å². The molecule has 0 aliphatic heterocycles. The van der Waals surface area contributed by atoms with Gasteiger partial charge in [0.1, 0.15) is 11.3 Å². The van der Waals surface area contributed by atoms with Gasteiger partial charge < -0.3 is 14.4 Å². The topological polar surface area (TPSA) is 68.8 Å². The normalized spacial score (nSPS) is 12.2. The van der Waals surface area contributed by atoms with Crippen molar-refractivity contribution in [2.75, 3.05) is 6.61 Å². The molecular formula is C22H21N3O3. The summed E-state index contributed by atoms with van der Waals surface area (Å²) in [6.45, 7) is 2.74. The first kappa shape index (κ1) is 18.0. The van der Waals surface area contributed by atoms with Crippen LogP contribution in [0.4, 0.5) is 0 Å². The standard InChI is InChI=1S/C22H21N3O3/c1-2-28-18-10-8-16(9-11-18)19-14-20-22(27)24(12-13-25(20)23-19)15-21(26)17-6-4-3-5-7-17/h3-14,21,26H,2,15H2,1H3/t21-/m1/s1. The molecule has 28 heavy (non-hydrogen) atoms. The van der Waals surface area contributed by atoms with Crippen molar-refractivity contribution in [3.63, 3.8) is 0 Å². The molecule has 6 heteroatoms. The van der Waals surface area contributed by atoms with Crippen LogP contribution in [-0.2, 0) is 6.54 Å². The number of rotatable bonds is 6. The van der Waals surface area contributed by atoms with E-state index >= 15 is 0 Å². The van der Waals surface area contributed by atoms with Crippen molar-refractivity contribution in [1.82, 2.24) is 14.2 Å². The van der Waals surface area contributed by atoms with Gasteiger partial charge in [-0.25, -0.2) is 4.52 Å². The van der Waals surface area contributed by atoms with Crippen molar-refractivity contribution in [2.45, 2.75) is 19.6 Å². The Morgan fingerprint density at radius 2 is 1.82 bits per heavy atom. The minimum Gasteiger partial charge on any atom is -0.494 e. The number of nitrogens with zero attached hydrogens (tertiary/aromatic N) is 3. The zero-order chi connectivity index (χ0) is 19.5. The number of hydrogen-bond acceptors (Lipinski definition) is 4. The Morgan fingerprint density at radius 1 is 1.07 bits per heavy atom. The second-order valence-corrected chi connectivity index (χ2v) is 6.50. The van der Waals surface area contributed by atoms with Crippen LogP contribution in [-0.4, -0.2) is 25.9 Å². The fourth-order valence-corrected chi connectivity index (χ4v) is 3.17. The first-order valence-electron chi connectivity index (χ1n) is 9.21. The number of ether oxygens (including phenoxy) is 1. The summed E-state index contributed by atoms with van der Waals surface area (Å²) in [5, 5.41) is 14.9. The summed E-state index contributed by atoms with van der Waals surface area (Å²) in [6.07, 6.45) is 2.62. The Morgan fingerprint density at radius 3 is 2.54 bits per heavy atom. The van der Waals surface area contributed by atoms with Crippen LogP contribution < -0.4 is 10.3 Å². The molecule has 0 bridgehead atoms. The molecule has 6 nitrogen and oxygen atoms in total. The van der Waals surface area contributed by atoms with Gasteiger partial charge in [-0.1, -0.05) is 30.3 Å². The number of aromatic nitrogens is 3. The quantitative estimate of drug-likeness (QED) is 0.561. The fraction of sp³-hybridized carbons (Fsp3) is 0.182. The number of fused-ring (bicyclic) bond motifs is 1. The highest BCUT2D eigenvalue weighted by Crippen LogP contribution is 2.22. The van der Waals surface area contributed by atoms with Gasteiger partial charge in [0, 0.05) is 18.0 Å². The highest BCUT2D eigenvalue weighted by molar-refractivity contribution is 5.66. The van der Waals surface area contributed by atoms with Gasteiger partial charge in [-0.15, -0.1) is 0 Å². The molecule has 2 heterocycles. The van der Waals surface area contributed by atoms with E-state index in [0.29, 0.717) is 17.8 Å². The molecule has 2 aromatic heterocycles. The summed E-state index contributed by atoms with van der Waals surface area (Å²) >= 11 is 0. The smallest absolute Gasteiger partial charge is 0.276 e. The predicted octanol–water partition coefficient (Wildman–Crippen LogP) is 3.30. The molecule has 0 aliphatic carbocycles. The van der Waals surface area contributed by atoms with Gasteiger partial charge in [-0.2, -0.15) is 5.10 Å². The molecule has 0 saturated heterocycles. The minimum atomic E-state index is -0.755. The number of hydrogen-bond donors (Lipinski definition) is 1. The second kappa shape index (κ2) is 7.70. The molecule has 4 rings (SSSR count). The maximum Gasteiger partial charge on any atom is 0.276 e. The van der Waals surface area contributed by atoms with Crippen molar-refractivity contribution in [3.05, 3.63) is 89.0 Å². The zero-order valence-corrected chi connectivity index (χ0v) is 15.5.